The van der Waals surface area contributed by atoms with E-state index in [2.05, 4.69) is 11.5 Å². The van der Waals surface area contributed by atoms with Gasteiger partial charge in [0.25, 0.3) is 0 Å². The highest BCUT2D eigenvalue weighted by atomic mass is 19.4. The molecule has 0 bridgehead atoms. The molecular formula is C23H23F3N4O2. The van der Waals surface area contributed by atoms with E-state index in [0.717, 1.165) is 19.2 Å². The van der Waals surface area contributed by atoms with Crippen LogP contribution in [0.1, 0.15) is 21.5 Å². The second-order valence-corrected chi connectivity index (χ2v) is 7.55. The lowest BCUT2D eigenvalue weighted by Gasteiger charge is -2.34. The predicted molar refractivity (Wildman–Crippen MR) is 116 cm³/mol. The molecule has 32 heavy (non-hydrogen) atoms. The maximum Gasteiger partial charge on any atom is 0.416 e. The van der Waals surface area contributed by atoms with Gasteiger partial charge in [-0.2, -0.15) is 13.2 Å². The lowest BCUT2D eigenvalue weighted by molar-refractivity contribution is -0.138. The minimum atomic E-state index is -4.46. The molecule has 0 spiro atoms. The first-order chi connectivity index (χ1) is 15.3. The van der Waals surface area contributed by atoms with E-state index in [-0.39, 0.29) is 12.1 Å². The van der Waals surface area contributed by atoms with Crippen LogP contribution in [0.15, 0.2) is 55.2 Å². The Morgan fingerprint density at radius 3 is 2.53 bits per heavy atom. The van der Waals surface area contributed by atoms with Crippen LogP contribution in [0.4, 0.5) is 19.1 Å². The number of nitrogens with zero attached hydrogens (tertiary/aromatic N) is 4. The SMILES string of the molecule is C=CN1CCN(c2nc3cc(C(=O)OC)ccc3n2Cc2ccccc2C(F)(F)F)CC1. The summed E-state index contributed by atoms with van der Waals surface area (Å²) >= 11 is 0. The number of aromatic nitrogens is 2. The summed E-state index contributed by atoms with van der Waals surface area (Å²) in [6, 6.07) is 10.5. The van der Waals surface area contributed by atoms with E-state index in [4.69, 9.17) is 9.72 Å². The molecule has 6 nitrogen and oxygen atoms in total. The molecule has 1 aliphatic rings. The number of benzene rings is 2. The summed E-state index contributed by atoms with van der Waals surface area (Å²) in [7, 11) is 1.30. The Morgan fingerprint density at radius 1 is 1.16 bits per heavy atom. The number of hydrogen-bond acceptors (Lipinski definition) is 5. The summed E-state index contributed by atoms with van der Waals surface area (Å²) in [5.41, 5.74) is 0.996. The van der Waals surface area contributed by atoms with Gasteiger partial charge < -0.3 is 19.1 Å². The number of anilines is 1. The number of alkyl halides is 3. The van der Waals surface area contributed by atoms with Gasteiger partial charge in [0.15, 0.2) is 0 Å². The van der Waals surface area contributed by atoms with E-state index in [1.54, 1.807) is 35.0 Å². The zero-order chi connectivity index (χ0) is 22.9. The normalized spacial score (nSPS) is 14.6. The highest BCUT2D eigenvalue weighted by Gasteiger charge is 2.33. The van der Waals surface area contributed by atoms with Gasteiger partial charge in [0.2, 0.25) is 5.95 Å². The molecule has 168 valence electrons. The van der Waals surface area contributed by atoms with Crippen molar-refractivity contribution in [3.05, 3.63) is 71.9 Å². The molecule has 9 heteroatoms. The molecule has 2 heterocycles. The number of rotatable bonds is 5. The van der Waals surface area contributed by atoms with Gasteiger partial charge in [0.05, 0.1) is 35.8 Å². The van der Waals surface area contributed by atoms with E-state index in [1.165, 1.54) is 19.2 Å². The van der Waals surface area contributed by atoms with E-state index in [0.29, 0.717) is 35.6 Å². The smallest absolute Gasteiger partial charge is 0.416 e. The van der Waals surface area contributed by atoms with Gasteiger partial charge in [-0.1, -0.05) is 24.8 Å². The molecule has 0 saturated carbocycles. The molecule has 3 aromatic rings. The quantitative estimate of drug-likeness (QED) is 0.554. The van der Waals surface area contributed by atoms with E-state index in [1.807, 2.05) is 4.90 Å². The molecule has 1 aliphatic heterocycles. The Labute approximate surface area is 183 Å². The monoisotopic (exact) mass is 444 g/mol. The summed E-state index contributed by atoms with van der Waals surface area (Å²) in [5, 5.41) is 0. The van der Waals surface area contributed by atoms with E-state index >= 15 is 0 Å². The van der Waals surface area contributed by atoms with Crippen LogP contribution in [0.25, 0.3) is 11.0 Å². The van der Waals surface area contributed by atoms with Crippen LogP contribution in [0.2, 0.25) is 0 Å². The number of fused-ring (bicyclic) bond motifs is 1. The maximum atomic E-state index is 13.6. The average molecular weight is 444 g/mol. The number of ether oxygens (including phenoxy) is 1. The van der Waals surface area contributed by atoms with Crippen molar-refractivity contribution in [3.8, 4) is 0 Å². The van der Waals surface area contributed by atoms with Crippen molar-refractivity contribution >= 4 is 23.0 Å². The highest BCUT2D eigenvalue weighted by molar-refractivity contribution is 5.94. The van der Waals surface area contributed by atoms with Gasteiger partial charge in [-0.25, -0.2) is 9.78 Å². The number of carbonyl (C=O) groups excluding carboxylic acids is 1. The summed E-state index contributed by atoms with van der Waals surface area (Å²) in [5.74, 6) is 0.0766. The van der Waals surface area contributed by atoms with Gasteiger partial charge >= 0.3 is 12.1 Å². The predicted octanol–water partition coefficient (Wildman–Crippen LogP) is 4.16. The standard InChI is InChI=1S/C23H23F3N4O2/c1-3-28-10-12-29(13-11-28)22-27-19-14-16(21(31)32-2)8-9-20(19)30(22)15-17-6-4-5-7-18(17)23(24,25)26/h3-9,14H,1,10-13,15H2,2H3. The number of halogens is 3. The fourth-order valence-electron chi connectivity index (χ4n) is 3.97. The Bertz CT molecular complexity index is 1150. The minimum Gasteiger partial charge on any atom is -0.465 e. The third-order valence-corrected chi connectivity index (χ3v) is 5.66. The van der Waals surface area contributed by atoms with Crippen molar-refractivity contribution in [2.24, 2.45) is 0 Å². The molecule has 0 N–H and O–H groups in total. The Balaban J connectivity index is 1.81. The number of methoxy groups -OCH3 is 1. The number of imidazole rings is 1. The molecular weight excluding hydrogens is 421 g/mol. The topological polar surface area (TPSA) is 50.6 Å². The fraction of sp³-hybridized carbons (Fsp3) is 0.304. The molecule has 1 fully saturated rings. The van der Waals surface area contributed by atoms with Gasteiger partial charge in [-0.15, -0.1) is 0 Å². The van der Waals surface area contributed by atoms with Gasteiger partial charge in [0, 0.05) is 26.2 Å². The molecule has 0 unspecified atom stereocenters. The molecule has 0 aliphatic carbocycles. The Morgan fingerprint density at radius 2 is 1.88 bits per heavy atom. The van der Waals surface area contributed by atoms with E-state index in [9.17, 15) is 18.0 Å². The third kappa shape index (κ3) is 4.15. The molecule has 4 rings (SSSR count). The maximum absolute atomic E-state index is 13.6. The van der Waals surface area contributed by atoms with Gasteiger partial charge in [-0.05, 0) is 36.0 Å². The van der Waals surface area contributed by atoms with Crippen molar-refractivity contribution in [3.63, 3.8) is 0 Å². The van der Waals surface area contributed by atoms with Crippen LogP contribution < -0.4 is 4.90 Å². The zero-order valence-corrected chi connectivity index (χ0v) is 17.6. The van der Waals surface area contributed by atoms with Crippen LogP contribution in [0.5, 0.6) is 0 Å². The lowest BCUT2D eigenvalue weighted by Crippen LogP contribution is -2.45. The van der Waals surface area contributed by atoms with Crippen molar-refractivity contribution < 1.29 is 22.7 Å². The summed E-state index contributed by atoms with van der Waals surface area (Å²) in [6.45, 7) is 6.57. The van der Waals surface area contributed by atoms with Crippen LogP contribution in [0.3, 0.4) is 0 Å². The Hall–Kier alpha value is -3.49. The molecule has 0 atom stereocenters. The highest BCUT2D eigenvalue weighted by Crippen LogP contribution is 2.34. The first-order valence-corrected chi connectivity index (χ1v) is 10.2. The second kappa shape index (κ2) is 8.57. The molecule has 0 amide bonds. The van der Waals surface area contributed by atoms with Crippen LogP contribution >= 0.6 is 0 Å². The van der Waals surface area contributed by atoms with Crippen molar-refractivity contribution in [2.45, 2.75) is 12.7 Å². The number of hydrogen-bond donors (Lipinski definition) is 0. The van der Waals surface area contributed by atoms with Gasteiger partial charge in [-0.3, -0.25) is 0 Å². The summed E-state index contributed by atoms with van der Waals surface area (Å²) < 4.78 is 47.4. The average Bonchev–Trinajstić information content (AvgIpc) is 3.15. The number of carbonyl (C=O) groups is 1. The molecule has 1 saturated heterocycles. The van der Waals surface area contributed by atoms with E-state index < -0.39 is 17.7 Å². The number of esters is 1. The van der Waals surface area contributed by atoms with Crippen molar-refractivity contribution in [2.75, 3.05) is 38.2 Å². The largest absolute Gasteiger partial charge is 0.465 e. The number of piperazine rings is 1. The minimum absolute atomic E-state index is 0.000754. The summed E-state index contributed by atoms with van der Waals surface area (Å²) in [4.78, 5) is 20.8. The first kappa shape index (κ1) is 21.7. The molecule has 0 radical (unpaired) electrons. The lowest BCUT2D eigenvalue weighted by atomic mass is 10.1. The molecule has 1 aromatic heterocycles. The van der Waals surface area contributed by atoms with Crippen LogP contribution in [-0.4, -0.2) is 53.7 Å². The first-order valence-electron chi connectivity index (χ1n) is 10.2. The van der Waals surface area contributed by atoms with Crippen molar-refractivity contribution in [1.29, 1.82) is 0 Å². The van der Waals surface area contributed by atoms with Crippen LogP contribution in [-0.2, 0) is 17.5 Å². The third-order valence-electron chi connectivity index (χ3n) is 5.66. The fourth-order valence-corrected chi connectivity index (χ4v) is 3.97. The van der Waals surface area contributed by atoms with Crippen molar-refractivity contribution in [1.82, 2.24) is 14.5 Å². The van der Waals surface area contributed by atoms with Crippen LogP contribution in [0, 0.1) is 0 Å². The van der Waals surface area contributed by atoms with Gasteiger partial charge in [0.1, 0.15) is 0 Å². The Kier molecular flexibility index (Phi) is 5.82. The zero-order valence-electron chi connectivity index (χ0n) is 17.6. The molecule has 2 aromatic carbocycles. The summed E-state index contributed by atoms with van der Waals surface area (Å²) in [6.07, 6.45) is -2.68. The second-order valence-electron chi connectivity index (χ2n) is 7.55.